The van der Waals surface area contributed by atoms with Crippen molar-refractivity contribution in [1.82, 2.24) is 10.2 Å². The van der Waals surface area contributed by atoms with Crippen LogP contribution in [0.1, 0.15) is 23.2 Å². The van der Waals surface area contributed by atoms with Crippen molar-refractivity contribution in [3.63, 3.8) is 0 Å². The molecule has 2 rings (SSSR count). The summed E-state index contributed by atoms with van der Waals surface area (Å²) in [5, 5.41) is 3.81. The molecule has 1 N–H and O–H groups in total. The summed E-state index contributed by atoms with van der Waals surface area (Å²) < 4.78 is 0. The second-order valence-electron chi connectivity index (χ2n) is 5.80. The van der Waals surface area contributed by atoms with Gasteiger partial charge < -0.3 is 10.2 Å². The number of thioether (sulfide) groups is 1. The van der Waals surface area contributed by atoms with Crippen LogP contribution >= 0.6 is 23.4 Å². The molecule has 1 aromatic carbocycles. The van der Waals surface area contributed by atoms with Crippen molar-refractivity contribution in [2.45, 2.75) is 12.8 Å². The lowest BCUT2D eigenvalue weighted by Crippen LogP contribution is -2.41. The Bertz CT molecular complexity index is 528. The minimum Gasteiger partial charge on any atom is -0.342 e. The number of amides is 1. The minimum absolute atomic E-state index is 0.0344. The molecule has 0 bridgehead atoms. The largest absolute Gasteiger partial charge is 0.342 e. The van der Waals surface area contributed by atoms with Gasteiger partial charge in [-0.15, -0.1) is 11.8 Å². The zero-order valence-electron chi connectivity index (χ0n) is 13.4. The summed E-state index contributed by atoms with van der Waals surface area (Å²) >= 11 is 7.19. The topological polar surface area (TPSA) is 49.4 Å². The molecule has 126 valence electrons. The highest BCUT2D eigenvalue weighted by molar-refractivity contribution is 8.00. The van der Waals surface area contributed by atoms with E-state index in [0.717, 1.165) is 32.5 Å². The van der Waals surface area contributed by atoms with Crippen LogP contribution in [-0.4, -0.2) is 54.8 Å². The summed E-state index contributed by atoms with van der Waals surface area (Å²) in [6.07, 6.45) is 2.11. The van der Waals surface area contributed by atoms with Gasteiger partial charge >= 0.3 is 0 Å². The lowest BCUT2D eigenvalue weighted by Gasteiger charge is -2.31. The Morgan fingerprint density at radius 1 is 1.22 bits per heavy atom. The fraction of sp³-hybridized carbons (Fsp3) is 0.529. The van der Waals surface area contributed by atoms with E-state index in [1.165, 1.54) is 11.8 Å². The summed E-state index contributed by atoms with van der Waals surface area (Å²) in [6.45, 7) is 2.68. The van der Waals surface area contributed by atoms with E-state index < -0.39 is 0 Å². The number of ketones is 1. The molecule has 0 saturated carbocycles. The first-order valence-electron chi connectivity index (χ1n) is 7.89. The van der Waals surface area contributed by atoms with Crippen molar-refractivity contribution in [3.05, 3.63) is 34.9 Å². The van der Waals surface area contributed by atoms with Gasteiger partial charge in [0, 0.05) is 23.7 Å². The number of hydrogen-bond donors (Lipinski definition) is 1. The zero-order chi connectivity index (χ0) is 16.7. The highest BCUT2D eigenvalue weighted by Gasteiger charge is 2.22. The van der Waals surface area contributed by atoms with Crippen molar-refractivity contribution in [1.29, 1.82) is 0 Å². The third-order valence-electron chi connectivity index (χ3n) is 4.08. The van der Waals surface area contributed by atoms with E-state index in [1.54, 1.807) is 24.3 Å². The zero-order valence-corrected chi connectivity index (χ0v) is 15.0. The molecule has 1 fully saturated rings. The highest BCUT2D eigenvalue weighted by Crippen LogP contribution is 2.18. The van der Waals surface area contributed by atoms with Crippen molar-refractivity contribution >= 4 is 35.1 Å². The second kappa shape index (κ2) is 9.30. The average Bonchev–Trinajstić information content (AvgIpc) is 2.56. The number of benzene rings is 1. The molecule has 0 unspecified atom stereocenters. The van der Waals surface area contributed by atoms with Gasteiger partial charge in [-0.05, 0) is 56.6 Å². The van der Waals surface area contributed by atoms with Crippen LogP contribution in [0.25, 0.3) is 0 Å². The summed E-state index contributed by atoms with van der Waals surface area (Å²) in [7, 11) is 1.96. The van der Waals surface area contributed by atoms with Gasteiger partial charge in [0.05, 0.1) is 11.5 Å². The number of nitrogens with one attached hydrogen (secondary N) is 1. The Morgan fingerprint density at radius 2 is 1.87 bits per heavy atom. The molecule has 1 saturated heterocycles. The Balaban J connectivity index is 1.69. The number of piperidine rings is 1. The van der Waals surface area contributed by atoms with Gasteiger partial charge in [-0.3, -0.25) is 9.59 Å². The number of Topliss-reactive ketones (excluding diaryl/α,β-unsaturated/α-hetero) is 1. The van der Waals surface area contributed by atoms with Gasteiger partial charge in [0.25, 0.3) is 0 Å². The molecule has 0 atom stereocenters. The van der Waals surface area contributed by atoms with Crippen LogP contribution in [0.2, 0.25) is 5.02 Å². The maximum absolute atomic E-state index is 12.2. The lowest BCUT2D eigenvalue weighted by atomic mass is 9.97. The van der Waals surface area contributed by atoms with Gasteiger partial charge in [0.1, 0.15) is 0 Å². The Hall–Kier alpha value is -1.04. The van der Waals surface area contributed by atoms with Crippen LogP contribution < -0.4 is 5.32 Å². The molecular formula is C17H23ClN2O2S. The normalized spacial score (nSPS) is 15.7. The average molecular weight is 355 g/mol. The van der Waals surface area contributed by atoms with Crippen LogP contribution in [-0.2, 0) is 4.79 Å². The molecule has 1 amide bonds. The highest BCUT2D eigenvalue weighted by atomic mass is 35.5. The number of carbonyl (C=O) groups excluding carboxylic acids is 2. The number of rotatable bonds is 7. The van der Waals surface area contributed by atoms with Gasteiger partial charge in [0.15, 0.2) is 5.78 Å². The SMILES string of the molecule is CNCC1CCN(C(=O)CSCC(=O)c2ccc(Cl)cc2)CC1. The first-order chi connectivity index (χ1) is 11.1. The molecule has 23 heavy (non-hydrogen) atoms. The van der Waals surface area contributed by atoms with Gasteiger partial charge in [-0.2, -0.15) is 0 Å². The van der Waals surface area contributed by atoms with Crippen molar-refractivity contribution in [2.24, 2.45) is 5.92 Å². The minimum atomic E-state index is 0.0344. The smallest absolute Gasteiger partial charge is 0.232 e. The van der Waals surface area contributed by atoms with Gasteiger partial charge in [-0.1, -0.05) is 11.6 Å². The number of halogens is 1. The fourth-order valence-electron chi connectivity index (χ4n) is 2.72. The molecule has 1 aliphatic heterocycles. The van der Waals surface area contributed by atoms with Crippen LogP contribution in [0.4, 0.5) is 0 Å². The van der Waals surface area contributed by atoms with Crippen molar-refractivity contribution in [2.75, 3.05) is 38.2 Å². The van der Waals surface area contributed by atoms with Gasteiger partial charge in [-0.25, -0.2) is 0 Å². The van der Waals surface area contributed by atoms with E-state index in [1.807, 2.05) is 11.9 Å². The van der Waals surface area contributed by atoms with E-state index in [0.29, 0.717) is 28.0 Å². The van der Waals surface area contributed by atoms with Crippen LogP contribution in [0.3, 0.4) is 0 Å². The Morgan fingerprint density at radius 3 is 2.48 bits per heavy atom. The molecule has 6 heteroatoms. The maximum atomic E-state index is 12.2. The third kappa shape index (κ3) is 5.83. The predicted molar refractivity (Wildman–Crippen MR) is 96.3 cm³/mol. The van der Waals surface area contributed by atoms with Crippen LogP contribution in [0.5, 0.6) is 0 Å². The molecule has 1 aromatic rings. The van der Waals surface area contributed by atoms with E-state index in [4.69, 9.17) is 11.6 Å². The summed E-state index contributed by atoms with van der Waals surface area (Å²) in [4.78, 5) is 26.1. The fourth-order valence-corrected chi connectivity index (χ4v) is 3.65. The Labute approximate surface area is 146 Å². The lowest BCUT2D eigenvalue weighted by molar-refractivity contribution is -0.129. The number of carbonyl (C=O) groups is 2. The first kappa shape index (κ1) is 18.3. The van der Waals surface area contributed by atoms with E-state index >= 15 is 0 Å². The van der Waals surface area contributed by atoms with Crippen LogP contribution in [0, 0.1) is 5.92 Å². The first-order valence-corrected chi connectivity index (χ1v) is 9.42. The molecule has 0 radical (unpaired) electrons. The monoisotopic (exact) mass is 354 g/mol. The predicted octanol–water partition coefficient (Wildman–Crippen LogP) is 2.71. The van der Waals surface area contributed by atoms with E-state index in [2.05, 4.69) is 5.32 Å². The van der Waals surface area contributed by atoms with E-state index in [9.17, 15) is 9.59 Å². The maximum Gasteiger partial charge on any atom is 0.232 e. The van der Waals surface area contributed by atoms with Crippen molar-refractivity contribution in [3.8, 4) is 0 Å². The molecule has 0 aliphatic carbocycles. The quantitative estimate of drug-likeness (QED) is 0.765. The van der Waals surface area contributed by atoms with Gasteiger partial charge in [0.2, 0.25) is 5.91 Å². The molecule has 0 spiro atoms. The number of likely N-dealkylation sites (tertiary alicyclic amines) is 1. The third-order valence-corrected chi connectivity index (χ3v) is 5.25. The Kier molecular flexibility index (Phi) is 7.40. The molecule has 0 aromatic heterocycles. The number of hydrogen-bond acceptors (Lipinski definition) is 4. The van der Waals surface area contributed by atoms with Crippen LogP contribution in [0.15, 0.2) is 24.3 Å². The number of nitrogens with zero attached hydrogens (tertiary/aromatic N) is 1. The standard InChI is InChI=1S/C17H23ClN2O2S/c1-19-10-13-6-8-20(9-7-13)17(22)12-23-11-16(21)14-2-4-15(18)5-3-14/h2-5,13,19H,6-12H2,1H3. The second-order valence-corrected chi connectivity index (χ2v) is 7.23. The summed E-state index contributed by atoms with van der Waals surface area (Å²) in [5.74, 6) is 1.54. The molecule has 1 aliphatic rings. The molecule has 4 nitrogen and oxygen atoms in total. The molecular weight excluding hydrogens is 332 g/mol. The summed E-state index contributed by atoms with van der Waals surface area (Å²) in [5.41, 5.74) is 0.641. The summed E-state index contributed by atoms with van der Waals surface area (Å²) in [6, 6.07) is 6.86. The van der Waals surface area contributed by atoms with E-state index in [-0.39, 0.29) is 11.7 Å². The van der Waals surface area contributed by atoms with Crippen molar-refractivity contribution < 1.29 is 9.59 Å². The molecule has 1 heterocycles.